The summed E-state index contributed by atoms with van der Waals surface area (Å²) in [6, 6.07) is 18.7. The van der Waals surface area contributed by atoms with Crippen molar-refractivity contribution in [2.24, 2.45) is 5.92 Å². The van der Waals surface area contributed by atoms with E-state index in [4.69, 9.17) is 0 Å². The van der Waals surface area contributed by atoms with Gasteiger partial charge in [0.1, 0.15) is 5.82 Å². The third-order valence-electron chi connectivity index (χ3n) is 5.28. The molecule has 0 spiro atoms. The van der Waals surface area contributed by atoms with Gasteiger partial charge in [0, 0.05) is 24.5 Å². The molecule has 3 aromatic rings. The predicted octanol–water partition coefficient (Wildman–Crippen LogP) is 4.91. The van der Waals surface area contributed by atoms with E-state index in [0.717, 1.165) is 11.3 Å². The van der Waals surface area contributed by atoms with Crippen LogP contribution in [0.15, 0.2) is 77.8 Å². The summed E-state index contributed by atoms with van der Waals surface area (Å²) in [6.07, 6.45) is 1.96. The van der Waals surface area contributed by atoms with E-state index in [1.807, 2.05) is 69.4 Å². The Morgan fingerprint density at radius 1 is 0.931 bits per heavy atom. The summed E-state index contributed by atoms with van der Waals surface area (Å²) < 4.78 is 43.7. The van der Waals surface area contributed by atoms with Crippen LogP contribution in [0, 0.1) is 11.7 Å². The van der Waals surface area contributed by atoms with Crippen LogP contribution in [-0.2, 0) is 23.1 Å². The van der Waals surface area contributed by atoms with Crippen molar-refractivity contribution in [3.8, 4) is 0 Å². The van der Waals surface area contributed by atoms with E-state index in [9.17, 15) is 12.8 Å². The van der Waals surface area contributed by atoms with Crippen molar-refractivity contribution >= 4 is 10.0 Å². The molecule has 1 unspecified atom stereocenters. The van der Waals surface area contributed by atoms with Crippen molar-refractivity contribution in [2.75, 3.05) is 0 Å². The molecule has 0 bridgehead atoms. The number of sulfonamides is 1. The number of benzene rings is 2. The van der Waals surface area contributed by atoms with Gasteiger partial charge in [-0.3, -0.25) is 0 Å². The number of nitrogens with zero attached hydrogens (tertiary/aromatic N) is 2. The van der Waals surface area contributed by atoms with Crippen LogP contribution in [0.1, 0.15) is 32.0 Å². The maximum absolute atomic E-state index is 13.4. The van der Waals surface area contributed by atoms with Gasteiger partial charge in [0.05, 0.1) is 11.4 Å². The van der Waals surface area contributed by atoms with E-state index in [1.54, 1.807) is 0 Å². The van der Waals surface area contributed by atoms with Crippen LogP contribution in [0.25, 0.3) is 0 Å². The molecule has 0 N–H and O–H groups in total. The van der Waals surface area contributed by atoms with E-state index in [1.165, 1.54) is 28.6 Å². The standard InChI is InChI=1S/C23H27FN2O2S/c1-18(2)19(3)26(29(27,28)23-13-11-21(24)12-14-23)17-22-10-7-15-25(22)16-20-8-5-4-6-9-20/h4-15,18-19H,16-17H2,1-3H3. The van der Waals surface area contributed by atoms with Crippen LogP contribution in [0.4, 0.5) is 4.39 Å². The first-order valence-corrected chi connectivity index (χ1v) is 11.2. The van der Waals surface area contributed by atoms with Crippen molar-refractivity contribution in [3.05, 3.63) is 90.0 Å². The van der Waals surface area contributed by atoms with Gasteiger partial charge in [0.2, 0.25) is 10.0 Å². The fourth-order valence-electron chi connectivity index (χ4n) is 3.21. The molecule has 1 heterocycles. The van der Waals surface area contributed by atoms with Crippen molar-refractivity contribution in [3.63, 3.8) is 0 Å². The molecule has 1 atom stereocenters. The summed E-state index contributed by atoms with van der Waals surface area (Å²) in [5.41, 5.74) is 2.06. The molecule has 0 saturated heterocycles. The first-order valence-electron chi connectivity index (χ1n) is 9.74. The number of hydrogen-bond acceptors (Lipinski definition) is 2. The normalized spacial score (nSPS) is 13.2. The first-order chi connectivity index (χ1) is 13.8. The zero-order valence-electron chi connectivity index (χ0n) is 17.0. The summed E-state index contributed by atoms with van der Waals surface area (Å²) in [7, 11) is -3.77. The summed E-state index contributed by atoms with van der Waals surface area (Å²) >= 11 is 0. The molecule has 1 aromatic heterocycles. The number of rotatable bonds is 8. The highest BCUT2D eigenvalue weighted by Gasteiger charge is 2.31. The average Bonchev–Trinajstić information content (AvgIpc) is 3.13. The molecule has 0 radical (unpaired) electrons. The fourth-order valence-corrected chi connectivity index (χ4v) is 4.94. The van der Waals surface area contributed by atoms with Gasteiger partial charge >= 0.3 is 0 Å². The Labute approximate surface area is 172 Å². The second kappa shape index (κ2) is 8.93. The van der Waals surface area contributed by atoms with Gasteiger partial charge in [-0.05, 0) is 54.8 Å². The fraction of sp³-hybridized carbons (Fsp3) is 0.304. The van der Waals surface area contributed by atoms with Crippen molar-refractivity contribution in [1.82, 2.24) is 8.87 Å². The monoisotopic (exact) mass is 414 g/mol. The lowest BCUT2D eigenvalue weighted by atomic mass is 10.1. The van der Waals surface area contributed by atoms with E-state index in [-0.39, 0.29) is 23.4 Å². The topological polar surface area (TPSA) is 42.3 Å². The zero-order valence-corrected chi connectivity index (χ0v) is 17.8. The van der Waals surface area contributed by atoms with Crippen molar-refractivity contribution in [2.45, 2.75) is 44.8 Å². The molecule has 0 amide bonds. The minimum Gasteiger partial charge on any atom is -0.346 e. The molecule has 0 aliphatic rings. The van der Waals surface area contributed by atoms with Gasteiger partial charge < -0.3 is 4.57 Å². The van der Waals surface area contributed by atoms with Gasteiger partial charge in [-0.1, -0.05) is 44.2 Å². The van der Waals surface area contributed by atoms with E-state index < -0.39 is 15.8 Å². The molecule has 0 aliphatic carbocycles. The molecule has 0 fully saturated rings. The Bertz CT molecular complexity index is 1030. The molecular weight excluding hydrogens is 387 g/mol. The lowest BCUT2D eigenvalue weighted by Crippen LogP contribution is -2.41. The van der Waals surface area contributed by atoms with E-state index >= 15 is 0 Å². The molecule has 6 heteroatoms. The molecule has 154 valence electrons. The minimum atomic E-state index is -3.77. The minimum absolute atomic E-state index is 0.104. The molecule has 0 saturated carbocycles. The Morgan fingerprint density at radius 2 is 1.59 bits per heavy atom. The van der Waals surface area contributed by atoms with Crippen LogP contribution < -0.4 is 0 Å². The molecular formula is C23H27FN2O2S. The smallest absolute Gasteiger partial charge is 0.243 e. The lowest BCUT2D eigenvalue weighted by molar-refractivity contribution is 0.265. The highest BCUT2D eigenvalue weighted by molar-refractivity contribution is 7.89. The van der Waals surface area contributed by atoms with Crippen LogP contribution in [0.3, 0.4) is 0 Å². The maximum atomic E-state index is 13.4. The molecule has 2 aromatic carbocycles. The largest absolute Gasteiger partial charge is 0.346 e. The summed E-state index contributed by atoms with van der Waals surface area (Å²) in [4.78, 5) is 0.104. The van der Waals surface area contributed by atoms with E-state index in [2.05, 4.69) is 4.57 Å². The highest BCUT2D eigenvalue weighted by atomic mass is 32.2. The van der Waals surface area contributed by atoms with Gasteiger partial charge in [-0.2, -0.15) is 4.31 Å². The van der Waals surface area contributed by atoms with Gasteiger partial charge in [-0.25, -0.2) is 12.8 Å². The lowest BCUT2D eigenvalue weighted by Gasteiger charge is -2.31. The molecule has 3 rings (SSSR count). The number of halogens is 1. The zero-order chi connectivity index (χ0) is 21.0. The first kappa shape index (κ1) is 21.3. The van der Waals surface area contributed by atoms with Gasteiger partial charge in [0.25, 0.3) is 0 Å². The number of aromatic nitrogens is 1. The highest BCUT2D eigenvalue weighted by Crippen LogP contribution is 2.25. The summed E-state index contributed by atoms with van der Waals surface area (Å²) in [5.74, 6) is -0.327. The third kappa shape index (κ3) is 4.95. The second-order valence-electron chi connectivity index (χ2n) is 7.60. The van der Waals surface area contributed by atoms with Crippen LogP contribution in [0.5, 0.6) is 0 Å². The molecule has 4 nitrogen and oxygen atoms in total. The van der Waals surface area contributed by atoms with Crippen molar-refractivity contribution < 1.29 is 12.8 Å². The van der Waals surface area contributed by atoms with E-state index in [0.29, 0.717) is 6.54 Å². The predicted molar refractivity (Wildman–Crippen MR) is 113 cm³/mol. The second-order valence-corrected chi connectivity index (χ2v) is 9.49. The summed E-state index contributed by atoms with van der Waals surface area (Å²) in [6.45, 7) is 6.83. The van der Waals surface area contributed by atoms with Gasteiger partial charge in [-0.15, -0.1) is 0 Å². The quantitative estimate of drug-likeness (QED) is 0.526. The average molecular weight is 415 g/mol. The molecule has 0 aliphatic heterocycles. The van der Waals surface area contributed by atoms with Gasteiger partial charge in [0.15, 0.2) is 0 Å². The van der Waals surface area contributed by atoms with Crippen LogP contribution in [0.2, 0.25) is 0 Å². The van der Waals surface area contributed by atoms with Crippen LogP contribution >= 0.6 is 0 Å². The Morgan fingerprint density at radius 3 is 2.21 bits per heavy atom. The Hall–Kier alpha value is -2.44. The molecule has 29 heavy (non-hydrogen) atoms. The SMILES string of the molecule is CC(C)C(C)N(Cc1cccn1Cc1ccccc1)S(=O)(=O)c1ccc(F)cc1. The Kier molecular flexibility index (Phi) is 6.55. The maximum Gasteiger partial charge on any atom is 0.243 e. The summed E-state index contributed by atoms with van der Waals surface area (Å²) in [5, 5.41) is 0. The van der Waals surface area contributed by atoms with Crippen LogP contribution in [-0.4, -0.2) is 23.3 Å². The number of hydrogen-bond donors (Lipinski definition) is 0. The van der Waals surface area contributed by atoms with Crippen molar-refractivity contribution in [1.29, 1.82) is 0 Å². The third-order valence-corrected chi connectivity index (χ3v) is 7.22. The Balaban J connectivity index is 1.93.